The van der Waals surface area contributed by atoms with E-state index < -0.39 is 0 Å². The van der Waals surface area contributed by atoms with E-state index >= 15 is 0 Å². The maximum atomic E-state index is 12.2. The van der Waals surface area contributed by atoms with Crippen LogP contribution in [0.5, 0.6) is 0 Å². The van der Waals surface area contributed by atoms with Crippen LogP contribution in [0.1, 0.15) is 38.5 Å². The first-order valence-electron chi connectivity index (χ1n) is 7.74. The molecule has 0 aromatic carbocycles. The van der Waals surface area contributed by atoms with E-state index in [0.29, 0.717) is 30.8 Å². The van der Waals surface area contributed by atoms with Gasteiger partial charge < -0.3 is 10.6 Å². The van der Waals surface area contributed by atoms with E-state index in [-0.39, 0.29) is 0 Å². The summed E-state index contributed by atoms with van der Waals surface area (Å²) in [5, 5.41) is 0. The van der Waals surface area contributed by atoms with E-state index in [0.717, 1.165) is 30.2 Å². The molecule has 4 saturated carbocycles. The molecule has 5 rings (SSSR count). The third-order valence-corrected chi connectivity index (χ3v) is 6.11. The number of amides is 1. The highest BCUT2D eigenvalue weighted by Gasteiger charge is 2.52. The zero-order valence-electron chi connectivity index (χ0n) is 11.1. The van der Waals surface area contributed by atoms with Crippen molar-refractivity contribution in [1.82, 2.24) is 4.90 Å². The van der Waals surface area contributed by atoms with Crippen LogP contribution in [0.2, 0.25) is 0 Å². The molecule has 100 valence electrons. The highest BCUT2D eigenvalue weighted by Crippen LogP contribution is 2.55. The number of rotatable bonds is 2. The summed E-state index contributed by atoms with van der Waals surface area (Å²) in [5.74, 6) is 4.44. The number of hydrogen-bond acceptors (Lipinski definition) is 2. The van der Waals surface area contributed by atoms with Gasteiger partial charge in [0.15, 0.2) is 0 Å². The van der Waals surface area contributed by atoms with Crippen molar-refractivity contribution < 1.29 is 4.79 Å². The minimum absolute atomic E-state index is 0.392. The fourth-order valence-corrected chi connectivity index (χ4v) is 5.66. The lowest BCUT2D eigenvalue weighted by Crippen LogP contribution is -2.56. The van der Waals surface area contributed by atoms with Gasteiger partial charge in [-0.2, -0.15) is 0 Å². The molecule has 1 heterocycles. The largest absolute Gasteiger partial charge is 0.339 e. The predicted molar refractivity (Wildman–Crippen MR) is 69.7 cm³/mol. The third-order valence-electron chi connectivity index (χ3n) is 6.11. The second kappa shape index (κ2) is 3.96. The average Bonchev–Trinajstić information content (AvgIpc) is 2.69. The van der Waals surface area contributed by atoms with Gasteiger partial charge in [0.2, 0.25) is 5.91 Å². The second-order valence-corrected chi connectivity index (χ2v) is 7.27. The fourth-order valence-electron chi connectivity index (χ4n) is 5.66. The van der Waals surface area contributed by atoms with Gasteiger partial charge in [0.05, 0.1) is 0 Å². The summed E-state index contributed by atoms with van der Waals surface area (Å²) in [5.41, 5.74) is 5.75. The first-order chi connectivity index (χ1) is 8.74. The van der Waals surface area contributed by atoms with Crippen LogP contribution in [0.15, 0.2) is 0 Å². The number of nitrogens with zero attached hydrogens (tertiary/aromatic N) is 1. The summed E-state index contributed by atoms with van der Waals surface area (Å²) in [6.07, 6.45) is 7.78. The number of nitrogens with two attached hydrogens (primary N) is 1. The Morgan fingerprint density at radius 3 is 2.17 bits per heavy atom. The molecule has 18 heavy (non-hydrogen) atoms. The third kappa shape index (κ3) is 1.56. The van der Waals surface area contributed by atoms with Gasteiger partial charge in [0.1, 0.15) is 0 Å². The van der Waals surface area contributed by atoms with Crippen LogP contribution in [0.25, 0.3) is 0 Å². The molecule has 1 amide bonds. The Morgan fingerprint density at radius 2 is 1.67 bits per heavy atom. The molecule has 0 aromatic heterocycles. The predicted octanol–water partition coefficient (Wildman–Crippen LogP) is 1.62. The smallest absolute Gasteiger partial charge is 0.223 e. The van der Waals surface area contributed by atoms with Crippen LogP contribution in [0.4, 0.5) is 0 Å². The number of carbonyl (C=O) groups is 1. The molecule has 3 nitrogen and oxygen atoms in total. The summed E-state index contributed by atoms with van der Waals surface area (Å²) >= 11 is 0. The summed E-state index contributed by atoms with van der Waals surface area (Å²) in [7, 11) is 0. The van der Waals surface area contributed by atoms with Crippen molar-refractivity contribution >= 4 is 5.91 Å². The van der Waals surface area contributed by atoms with E-state index in [1.165, 1.54) is 32.1 Å². The van der Waals surface area contributed by atoms with E-state index in [1.54, 1.807) is 0 Å². The quantitative estimate of drug-likeness (QED) is 0.807. The zero-order chi connectivity index (χ0) is 12.3. The van der Waals surface area contributed by atoms with Gasteiger partial charge >= 0.3 is 0 Å². The minimum atomic E-state index is 0.392. The molecule has 5 aliphatic rings. The van der Waals surface area contributed by atoms with Crippen molar-refractivity contribution in [3.8, 4) is 0 Å². The van der Waals surface area contributed by atoms with Crippen LogP contribution >= 0.6 is 0 Å². The molecule has 1 aliphatic heterocycles. The van der Waals surface area contributed by atoms with E-state index in [9.17, 15) is 4.79 Å². The lowest BCUT2D eigenvalue weighted by atomic mass is 9.54. The Balaban J connectivity index is 1.56. The van der Waals surface area contributed by atoms with Crippen molar-refractivity contribution in [1.29, 1.82) is 0 Å². The highest BCUT2D eigenvalue weighted by molar-refractivity contribution is 5.79. The van der Waals surface area contributed by atoms with Gasteiger partial charge in [-0.15, -0.1) is 0 Å². The lowest BCUT2D eigenvalue weighted by Gasteiger charge is -2.56. The maximum Gasteiger partial charge on any atom is 0.223 e. The molecule has 4 bridgehead atoms. The van der Waals surface area contributed by atoms with Crippen molar-refractivity contribution in [3.05, 3.63) is 0 Å². The van der Waals surface area contributed by atoms with Crippen LogP contribution in [0, 0.1) is 29.6 Å². The van der Waals surface area contributed by atoms with Crippen LogP contribution in [-0.4, -0.2) is 29.9 Å². The Hall–Kier alpha value is -0.570. The molecule has 2 N–H and O–H groups in total. The van der Waals surface area contributed by atoms with Crippen molar-refractivity contribution in [2.24, 2.45) is 35.3 Å². The van der Waals surface area contributed by atoms with Gasteiger partial charge in [-0.1, -0.05) is 0 Å². The second-order valence-electron chi connectivity index (χ2n) is 7.27. The Labute approximate surface area is 109 Å². The van der Waals surface area contributed by atoms with E-state index in [4.69, 9.17) is 5.73 Å². The van der Waals surface area contributed by atoms with Gasteiger partial charge in [0, 0.05) is 19.0 Å². The molecule has 1 unspecified atom stereocenters. The zero-order valence-corrected chi connectivity index (χ0v) is 11.1. The minimum Gasteiger partial charge on any atom is -0.339 e. The van der Waals surface area contributed by atoms with E-state index in [2.05, 4.69) is 4.90 Å². The summed E-state index contributed by atoms with van der Waals surface area (Å²) in [4.78, 5) is 14.5. The molecular formula is C15H24N2O. The highest BCUT2D eigenvalue weighted by atomic mass is 16.2. The molecule has 1 saturated heterocycles. The topological polar surface area (TPSA) is 46.3 Å². The SMILES string of the molecule is NCC1CC(=O)N(C2C3CC4CC(C3)CC2C4)C1. The summed E-state index contributed by atoms with van der Waals surface area (Å²) in [6, 6.07) is 0.585. The van der Waals surface area contributed by atoms with Gasteiger partial charge in [-0.3, -0.25) is 4.79 Å². The average molecular weight is 248 g/mol. The first-order valence-corrected chi connectivity index (χ1v) is 7.74. The van der Waals surface area contributed by atoms with Crippen LogP contribution in [0.3, 0.4) is 0 Å². The molecule has 4 aliphatic carbocycles. The Kier molecular flexibility index (Phi) is 2.48. The number of likely N-dealkylation sites (tertiary alicyclic amines) is 1. The summed E-state index contributed by atoms with van der Waals surface area (Å²) in [6.45, 7) is 1.62. The molecule has 1 atom stereocenters. The molecule has 0 aromatic rings. The standard InChI is InChI=1S/C15H24N2O/c16-7-11-6-14(18)17(8-11)15-12-2-9-1-10(4-12)5-13(15)3-9/h9-13,15H,1-8,16H2. The lowest BCUT2D eigenvalue weighted by molar-refractivity contribution is -0.138. The fraction of sp³-hybridized carbons (Fsp3) is 0.933. The maximum absolute atomic E-state index is 12.2. The Morgan fingerprint density at radius 1 is 1.06 bits per heavy atom. The number of carbonyl (C=O) groups excluding carboxylic acids is 1. The molecule has 0 spiro atoms. The van der Waals surface area contributed by atoms with E-state index in [1.807, 2.05) is 0 Å². The van der Waals surface area contributed by atoms with Crippen molar-refractivity contribution in [2.75, 3.05) is 13.1 Å². The van der Waals surface area contributed by atoms with Crippen molar-refractivity contribution in [3.63, 3.8) is 0 Å². The summed E-state index contributed by atoms with van der Waals surface area (Å²) < 4.78 is 0. The molecule has 5 fully saturated rings. The molecule has 0 radical (unpaired) electrons. The van der Waals surface area contributed by atoms with Crippen molar-refractivity contribution in [2.45, 2.75) is 44.6 Å². The normalized spacial score (nSPS) is 50.3. The molecular weight excluding hydrogens is 224 g/mol. The first kappa shape index (κ1) is 11.3. The van der Waals surface area contributed by atoms with Crippen LogP contribution in [-0.2, 0) is 4.79 Å². The Bertz CT molecular complexity index is 340. The number of hydrogen-bond donors (Lipinski definition) is 1. The van der Waals surface area contributed by atoms with Gasteiger partial charge in [-0.25, -0.2) is 0 Å². The monoisotopic (exact) mass is 248 g/mol. The van der Waals surface area contributed by atoms with Gasteiger partial charge in [-0.05, 0) is 68.2 Å². The molecule has 3 heteroatoms. The van der Waals surface area contributed by atoms with Crippen LogP contribution < -0.4 is 5.73 Å². The van der Waals surface area contributed by atoms with Gasteiger partial charge in [0.25, 0.3) is 0 Å².